The van der Waals surface area contributed by atoms with E-state index in [0.717, 1.165) is 36.1 Å². The maximum Gasteiger partial charge on any atom is 0.136 e. The number of rotatable bonds is 7. The molecule has 4 nitrogen and oxygen atoms in total. The van der Waals surface area contributed by atoms with E-state index in [1.165, 1.54) is 12.8 Å². The lowest BCUT2D eigenvalue weighted by atomic mass is 9.98. The molecule has 0 amide bonds. The van der Waals surface area contributed by atoms with Crippen molar-refractivity contribution in [2.75, 3.05) is 23.7 Å². The fourth-order valence-electron chi connectivity index (χ4n) is 2.06. The van der Waals surface area contributed by atoms with Gasteiger partial charge in [-0.15, -0.1) is 0 Å². The number of hydrogen-bond donors (Lipinski definition) is 2. The van der Waals surface area contributed by atoms with E-state index >= 15 is 0 Å². The molecular formula is C16H28N4. The fraction of sp³-hybridized carbons (Fsp3) is 0.750. The highest BCUT2D eigenvalue weighted by atomic mass is 15.1. The first-order chi connectivity index (χ1) is 9.52. The highest BCUT2D eigenvalue weighted by Crippen LogP contribution is 2.39. The van der Waals surface area contributed by atoms with Gasteiger partial charge >= 0.3 is 0 Å². The minimum atomic E-state index is 0.580. The summed E-state index contributed by atoms with van der Waals surface area (Å²) in [6.07, 6.45) is 2.47. The molecule has 112 valence electrons. The molecule has 0 radical (unpaired) electrons. The summed E-state index contributed by atoms with van der Waals surface area (Å²) in [7, 11) is 0. The Kier molecular flexibility index (Phi) is 4.84. The van der Waals surface area contributed by atoms with Crippen molar-refractivity contribution in [3.8, 4) is 0 Å². The van der Waals surface area contributed by atoms with Gasteiger partial charge < -0.3 is 10.6 Å². The minimum absolute atomic E-state index is 0.580. The Morgan fingerprint density at radius 1 is 1.10 bits per heavy atom. The Labute approximate surface area is 122 Å². The number of aromatic nitrogens is 2. The molecule has 20 heavy (non-hydrogen) atoms. The second-order valence-corrected chi connectivity index (χ2v) is 6.31. The van der Waals surface area contributed by atoms with Crippen molar-refractivity contribution in [3.05, 3.63) is 11.4 Å². The molecule has 0 spiro atoms. The molecule has 1 aliphatic carbocycles. The zero-order chi connectivity index (χ0) is 14.7. The zero-order valence-corrected chi connectivity index (χ0v) is 13.5. The maximum absolute atomic E-state index is 4.75. The maximum atomic E-state index is 4.75. The van der Waals surface area contributed by atoms with Crippen LogP contribution in [0, 0.1) is 18.8 Å². The van der Waals surface area contributed by atoms with Crippen LogP contribution in [0.4, 0.5) is 11.6 Å². The van der Waals surface area contributed by atoms with Crippen LogP contribution < -0.4 is 10.6 Å². The highest BCUT2D eigenvalue weighted by molar-refractivity contribution is 5.57. The lowest BCUT2D eigenvalue weighted by Crippen LogP contribution is -2.18. The van der Waals surface area contributed by atoms with Crippen LogP contribution in [0.5, 0.6) is 0 Å². The van der Waals surface area contributed by atoms with Crippen LogP contribution in [0.3, 0.4) is 0 Å². The molecule has 1 fully saturated rings. The van der Waals surface area contributed by atoms with E-state index < -0.39 is 0 Å². The van der Waals surface area contributed by atoms with Gasteiger partial charge in [0.05, 0.1) is 0 Å². The molecule has 0 saturated heterocycles. The lowest BCUT2D eigenvalue weighted by Gasteiger charge is -2.19. The van der Waals surface area contributed by atoms with E-state index in [9.17, 15) is 0 Å². The molecule has 0 bridgehead atoms. The molecule has 1 atom stereocenters. The Balaban J connectivity index is 2.17. The normalized spacial score (nSPS) is 16.3. The molecule has 4 heteroatoms. The Morgan fingerprint density at radius 2 is 1.70 bits per heavy atom. The third-order valence-electron chi connectivity index (χ3n) is 4.18. The first kappa shape index (κ1) is 15.1. The highest BCUT2D eigenvalue weighted by Gasteiger charge is 2.28. The van der Waals surface area contributed by atoms with Crippen molar-refractivity contribution in [2.24, 2.45) is 11.8 Å². The van der Waals surface area contributed by atoms with Crippen molar-refractivity contribution >= 4 is 11.6 Å². The first-order valence-electron chi connectivity index (χ1n) is 7.89. The largest absolute Gasteiger partial charge is 0.370 e. The van der Waals surface area contributed by atoms with Crippen LogP contribution >= 0.6 is 0 Å². The molecule has 2 N–H and O–H groups in total. The van der Waals surface area contributed by atoms with Crippen LogP contribution in [0.2, 0.25) is 0 Å². The molecule has 0 aliphatic heterocycles. The van der Waals surface area contributed by atoms with Gasteiger partial charge in [0, 0.05) is 24.6 Å². The summed E-state index contributed by atoms with van der Waals surface area (Å²) in [6.45, 7) is 12.9. The van der Waals surface area contributed by atoms with Crippen molar-refractivity contribution in [3.63, 3.8) is 0 Å². The summed E-state index contributed by atoms with van der Waals surface area (Å²) in [5, 5.41) is 6.88. The molecule has 1 saturated carbocycles. The van der Waals surface area contributed by atoms with Gasteiger partial charge in [-0.3, -0.25) is 0 Å². The fourth-order valence-corrected chi connectivity index (χ4v) is 2.06. The third kappa shape index (κ3) is 3.62. The van der Waals surface area contributed by atoms with Crippen molar-refractivity contribution in [1.82, 2.24) is 9.97 Å². The van der Waals surface area contributed by atoms with Crippen LogP contribution in [0.15, 0.2) is 0 Å². The Hall–Kier alpha value is -1.32. The molecule has 1 unspecified atom stereocenters. The van der Waals surface area contributed by atoms with E-state index in [4.69, 9.17) is 4.98 Å². The molecular weight excluding hydrogens is 248 g/mol. The predicted molar refractivity (Wildman–Crippen MR) is 85.4 cm³/mol. The number of nitrogens with zero attached hydrogens (tertiary/aromatic N) is 2. The average molecular weight is 276 g/mol. The van der Waals surface area contributed by atoms with Gasteiger partial charge in [-0.2, -0.15) is 0 Å². The molecule has 0 aromatic carbocycles. The van der Waals surface area contributed by atoms with Crippen LogP contribution in [0.1, 0.15) is 57.8 Å². The van der Waals surface area contributed by atoms with Gasteiger partial charge in [0.1, 0.15) is 17.5 Å². The predicted octanol–water partition coefficient (Wildman–Crippen LogP) is 3.80. The Morgan fingerprint density at radius 3 is 2.20 bits per heavy atom. The van der Waals surface area contributed by atoms with Gasteiger partial charge in [0.15, 0.2) is 0 Å². The third-order valence-corrected chi connectivity index (χ3v) is 4.18. The van der Waals surface area contributed by atoms with Gasteiger partial charge in [0.25, 0.3) is 0 Å². The Bertz CT molecular complexity index is 452. The molecule has 1 aliphatic rings. The zero-order valence-electron chi connectivity index (χ0n) is 13.5. The average Bonchev–Trinajstić information content (AvgIpc) is 3.23. The summed E-state index contributed by atoms with van der Waals surface area (Å²) in [6, 6.07) is 0. The van der Waals surface area contributed by atoms with E-state index in [-0.39, 0.29) is 0 Å². The summed E-state index contributed by atoms with van der Waals surface area (Å²) < 4.78 is 0. The summed E-state index contributed by atoms with van der Waals surface area (Å²) in [4.78, 5) is 9.43. The van der Waals surface area contributed by atoms with Gasteiger partial charge in [-0.1, -0.05) is 20.8 Å². The van der Waals surface area contributed by atoms with Crippen molar-refractivity contribution in [1.29, 1.82) is 0 Å². The molecule has 2 rings (SSSR count). The van der Waals surface area contributed by atoms with Crippen molar-refractivity contribution < 1.29 is 0 Å². The van der Waals surface area contributed by atoms with Gasteiger partial charge in [-0.25, -0.2) is 9.97 Å². The van der Waals surface area contributed by atoms with Crippen LogP contribution in [-0.4, -0.2) is 23.1 Å². The van der Waals surface area contributed by atoms with Crippen LogP contribution in [0.25, 0.3) is 0 Å². The SMILES string of the molecule is CCNc1nc(C2CC2)nc(NCC(C)C(C)C)c1C. The monoisotopic (exact) mass is 276 g/mol. The molecule has 1 heterocycles. The van der Waals surface area contributed by atoms with Crippen LogP contribution in [-0.2, 0) is 0 Å². The van der Waals surface area contributed by atoms with E-state index in [1.807, 2.05) is 0 Å². The smallest absolute Gasteiger partial charge is 0.136 e. The standard InChI is InChI=1S/C16H28N4/c1-6-17-14-12(5)15(18-9-11(4)10(2)3)20-16(19-14)13-7-8-13/h10-11,13H,6-9H2,1-5H3,(H2,17,18,19,20). The van der Waals surface area contributed by atoms with E-state index in [1.54, 1.807) is 0 Å². The summed E-state index contributed by atoms with van der Waals surface area (Å²) in [5.41, 5.74) is 1.13. The number of nitrogens with one attached hydrogen (secondary N) is 2. The minimum Gasteiger partial charge on any atom is -0.370 e. The lowest BCUT2D eigenvalue weighted by molar-refractivity contribution is 0.439. The molecule has 1 aromatic heterocycles. The molecule has 1 aromatic rings. The second-order valence-electron chi connectivity index (χ2n) is 6.31. The van der Waals surface area contributed by atoms with Gasteiger partial charge in [-0.05, 0) is 38.5 Å². The second kappa shape index (κ2) is 6.42. The summed E-state index contributed by atoms with van der Waals surface area (Å²) in [5.74, 6) is 4.90. The topological polar surface area (TPSA) is 49.8 Å². The number of hydrogen-bond acceptors (Lipinski definition) is 4. The van der Waals surface area contributed by atoms with Gasteiger partial charge in [0.2, 0.25) is 0 Å². The summed E-state index contributed by atoms with van der Waals surface area (Å²) >= 11 is 0. The van der Waals surface area contributed by atoms with E-state index in [2.05, 4.69) is 50.2 Å². The van der Waals surface area contributed by atoms with E-state index in [0.29, 0.717) is 17.8 Å². The quantitative estimate of drug-likeness (QED) is 0.795. The van der Waals surface area contributed by atoms with Crippen molar-refractivity contribution in [2.45, 2.75) is 53.4 Å². The number of anilines is 2. The first-order valence-corrected chi connectivity index (χ1v) is 7.89.